The van der Waals surface area contributed by atoms with Crippen molar-refractivity contribution in [3.8, 4) is 11.6 Å². The molecule has 0 bridgehead atoms. The average Bonchev–Trinajstić information content (AvgIpc) is 2.35. The molecule has 0 aliphatic rings. The second-order valence-electron chi connectivity index (χ2n) is 3.73. The number of halogens is 2. The van der Waals surface area contributed by atoms with Gasteiger partial charge < -0.3 is 9.84 Å². The molecule has 1 aromatic carbocycles. The largest absolute Gasteiger partial charge is 0.435 e. The maximum Gasteiger partial charge on any atom is 0.225 e. The van der Waals surface area contributed by atoms with Crippen LogP contribution in [0.4, 0.5) is 8.78 Å². The van der Waals surface area contributed by atoms with Crippen molar-refractivity contribution >= 4 is 0 Å². The number of aliphatic hydroxyl groups excluding tert-OH is 1. The molecule has 1 aromatic heterocycles. The van der Waals surface area contributed by atoms with Gasteiger partial charge in [-0.15, -0.1) is 0 Å². The van der Waals surface area contributed by atoms with Crippen molar-refractivity contribution in [3.05, 3.63) is 53.7 Å². The first-order valence-electron chi connectivity index (χ1n) is 5.34. The third-order valence-electron chi connectivity index (χ3n) is 2.37. The number of hydrogen-bond acceptors (Lipinski definition) is 3. The Hall–Kier alpha value is -2.01. The monoisotopic (exact) mass is 251 g/mol. The van der Waals surface area contributed by atoms with Gasteiger partial charge in [-0.25, -0.2) is 9.37 Å². The topological polar surface area (TPSA) is 42.4 Å². The summed E-state index contributed by atoms with van der Waals surface area (Å²) in [4.78, 5) is 3.89. The molecule has 0 amide bonds. The molecule has 1 heterocycles. The molecule has 0 aliphatic heterocycles. The number of ether oxygens (including phenoxy) is 1. The van der Waals surface area contributed by atoms with E-state index < -0.39 is 17.7 Å². The average molecular weight is 251 g/mol. The fraction of sp³-hybridized carbons (Fsp3) is 0.154. The molecule has 0 spiro atoms. The molecule has 18 heavy (non-hydrogen) atoms. The Morgan fingerprint density at radius 2 is 2.00 bits per heavy atom. The fourth-order valence-electron chi connectivity index (χ4n) is 1.47. The van der Waals surface area contributed by atoms with Crippen molar-refractivity contribution < 1.29 is 18.6 Å². The standard InChI is InChI=1S/C13H11F2NO2/c1-8(17)9-4-3-7-16-13(9)18-11-6-2-5-10(14)12(11)15/h2-8,17H,1H3/t8-/m1/s1. The molecule has 0 aliphatic carbocycles. The first-order valence-corrected chi connectivity index (χ1v) is 5.34. The van der Waals surface area contributed by atoms with Gasteiger partial charge in [-0.05, 0) is 31.2 Å². The summed E-state index contributed by atoms with van der Waals surface area (Å²) < 4.78 is 31.6. The highest BCUT2D eigenvalue weighted by molar-refractivity contribution is 5.34. The minimum atomic E-state index is -1.08. The molecule has 2 aromatic rings. The molecule has 2 rings (SSSR count). The number of aromatic nitrogens is 1. The van der Waals surface area contributed by atoms with Crippen molar-refractivity contribution in [1.29, 1.82) is 0 Å². The summed E-state index contributed by atoms with van der Waals surface area (Å²) in [5.74, 6) is -2.30. The Morgan fingerprint density at radius 1 is 1.22 bits per heavy atom. The Kier molecular flexibility index (Phi) is 3.53. The van der Waals surface area contributed by atoms with E-state index >= 15 is 0 Å². The van der Waals surface area contributed by atoms with Crippen LogP contribution in [0.5, 0.6) is 11.6 Å². The zero-order valence-electron chi connectivity index (χ0n) is 9.60. The third-order valence-corrected chi connectivity index (χ3v) is 2.37. The summed E-state index contributed by atoms with van der Waals surface area (Å²) in [6.45, 7) is 1.53. The van der Waals surface area contributed by atoms with Crippen LogP contribution in [0, 0.1) is 11.6 Å². The van der Waals surface area contributed by atoms with Gasteiger partial charge in [0.15, 0.2) is 11.6 Å². The second-order valence-corrected chi connectivity index (χ2v) is 3.73. The van der Waals surface area contributed by atoms with Crippen molar-refractivity contribution in [2.24, 2.45) is 0 Å². The second kappa shape index (κ2) is 5.10. The summed E-state index contributed by atoms with van der Waals surface area (Å²) in [6.07, 6.45) is 0.628. The Balaban J connectivity index is 2.37. The van der Waals surface area contributed by atoms with E-state index in [2.05, 4.69) is 4.98 Å². The van der Waals surface area contributed by atoms with Gasteiger partial charge in [-0.3, -0.25) is 0 Å². The van der Waals surface area contributed by atoms with Crippen molar-refractivity contribution in [2.75, 3.05) is 0 Å². The smallest absolute Gasteiger partial charge is 0.225 e. The summed E-state index contributed by atoms with van der Waals surface area (Å²) in [6, 6.07) is 6.84. The maximum absolute atomic E-state index is 13.4. The van der Waals surface area contributed by atoms with Crippen LogP contribution < -0.4 is 4.74 Å². The summed E-state index contributed by atoms with van der Waals surface area (Å²) in [5.41, 5.74) is 0.404. The summed E-state index contributed by atoms with van der Waals surface area (Å²) >= 11 is 0. The lowest BCUT2D eigenvalue weighted by Crippen LogP contribution is -1.99. The van der Waals surface area contributed by atoms with Gasteiger partial charge in [0.05, 0.1) is 6.10 Å². The van der Waals surface area contributed by atoms with Crippen LogP contribution in [0.25, 0.3) is 0 Å². The van der Waals surface area contributed by atoms with Crippen LogP contribution in [0.3, 0.4) is 0 Å². The molecule has 0 radical (unpaired) electrons. The molecule has 0 unspecified atom stereocenters. The lowest BCUT2D eigenvalue weighted by molar-refractivity contribution is 0.194. The van der Waals surface area contributed by atoms with Gasteiger partial charge in [-0.2, -0.15) is 4.39 Å². The summed E-state index contributed by atoms with van der Waals surface area (Å²) in [5, 5.41) is 9.52. The van der Waals surface area contributed by atoms with Crippen LogP contribution in [0.2, 0.25) is 0 Å². The van der Waals surface area contributed by atoms with Gasteiger partial charge in [0.2, 0.25) is 11.7 Å². The lowest BCUT2D eigenvalue weighted by atomic mass is 10.2. The van der Waals surface area contributed by atoms with Gasteiger partial charge >= 0.3 is 0 Å². The van der Waals surface area contributed by atoms with Crippen LogP contribution in [-0.4, -0.2) is 10.1 Å². The molecule has 94 valence electrons. The van der Waals surface area contributed by atoms with E-state index in [9.17, 15) is 13.9 Å². The van der Waals surface area contributed by atoms with Gasteiger partial charge in [0.25, 0.3) is 0 Å². The van der Waals surface area contributed by atoms with E-state index in [4.69, 9.17) is 4.74 Å². The Bertz CT molecular complexity index is 558. The van der Waals surface area contributed by atoms with Crippen LogP contribution in [0.15, 0.2) is 36.5 Å². The highest BCUT2D eigenvalue weighted by Crippen LogP contribution is 2.29. The molecule has 1 atom stereocenters. The number of nitrogens with zero attached hydrogens (tertiary/aromatic N) is 1. The molecule has 0 saturated heterocycles. The highest BCUT2D eigenvalue weighted by atomic mass is 19.2. The predicted octanol–water partition coefficient (Wildman–Crippen LogP) is 3.21. The minimum Gasteiger partial charge on any atom is -0.435 e. The van der Waals surface area contributed by atoms with Crippen molar-refractivity contribution in [1.82, 2.24) is 4.98 Å². The first-order chi connectivity index (χ1) is 8.59. The van der Waals surface area contributed by atoms with E-state index in [-0.39, 0.29) is 11.6 Å². The van der Waals surface area contributed by atoms with Crippen molar-refractivity contribution in [3.63, 3.8) is 0 Å². The Labute approximate surface area is 103 Å². The third kappa shape index (κ3) is 2.46. The van der Waals surface area contributed by atoms with Gasteiger partial charge in [0, 0.05) is 11.8 Å². The van der Waals surface area contributed by atoms with E-state index in [1.54, 1.807) is 12.1 Å². The minimum absolute atomic E-state index is 0.0528. The number of rotatable bonds is 3. The van der Waals surface area contributed by atoms with Gasteiger partial charge in [-0.1, -0.05) is 6.07 Å². The number of pyridine rings is 1. The molecule has 1 N–H and O–H groups in total. The van der Waals surface area contributed by atoms with Gasteiger partial charge in [0.1, 0.15) is 0 Å². The maximum atomic E-state index is 13.4. The Morgan fingerprint density at radius 3 is 2.72 bits per heavy atom. The summed E-state index contributed by atoms with van der Waals surface area (Å²) in [7, 11) is 0. The normalized spacial score (nSPS) is 12.2. The van der Waals surface area contributed by atoms with Crippen LogP contribution >= 0.6 is 0 Å². The predicted molar refractivity (Wildman–Crippen MR) is 61.3 cm³/mol. The lowest BCUT2D eigenvalue weighted by Gasteiger charge is -2.12. The van der Waals surface area contributed by atoms with Crippen LogP contribution in [0.1, 0.15) is 18.6 Å². The number of hydrogen-bond donors (Lipinski definition) is 1. The molecule has 0 fully saturated rings. The fourth-order valence-corrected chi connectivity index (χ4v) is 1.47. The SMILES string of the molecule is C[C@@H](O)c1cccnc1Oc1cccc(F)c1F. The van der Waals surface area contributed by atoms with Crippen molar-refractivity contribution in [2.45, 2.75) is 13.0 Å². The quantitative estimate of drug-likeness (QED) is 0.910. The number of aliphatic hydroxyl groups is 1. The highest BCUT2D eigenvalue weighted by Gasteiger charge is 2.14. The zero-order chi connectivity index (χ0) is 13.1. The molecular formula is C13H11F2NO2. The zero-order valence-corrected chi connectivity index (χ0v) is 9.60. The first kappa shape index (κ1) is 12.4. The molecule has 0 saturated carbocycles. The number of benzene rings is 1. The van der Waals surface area contributed by atoms with E-state index in [1.165, 1.54) is 25.3 Å². The molecule has 3 nitrogen and oxygen atoms in total. The molecule has 5 heteroatoms. The van der Waals surface area contributed by atoms with E-state index in [1.807, 2.05) is 0 Å². The van der Waals surface area contributed by atoms with E-state index in [0.29, 0.717) is 5.56 Å². The van der Waals surface area contributed by atoms with Crippen LogP contribution in [-0.2, 0) is 0 Å². The molecular weight excluding hydrogens is 240 g/mol. The van der Waals surface area contributed by atoms with E-state index in [0.717, 1.165) is 6.07 Å².